The van der Waals surface area contributed by atoms with Crippen LogP contribution < -0.4 is 0 Å². The molecule has 0 amide bonds. The Morgan fingerprint density at radius 3 is 2.45 bits per heavy atom. The Morgan fingerprint density at radius 1 is 1.23 bits per heavy atom. The quantitative estimate of drug-likeness (QED) is 0.759. The molecule has 9 heteroatoms. The summed E-state index contributed by atoms with van der Waals surface area (Å²) in [5.74, 6) is -0.833. The zero-order chi connectivity index (χ0) is 16.5. The second-order valence-electron chi connectivity index (χ2n) is 4.07. The number of benzene rings is 1. The van der Waals surface area contributed by atoms with E-state index in [0.717, 1.165) is 31.5 Å². The van der Waals surface area contributed by atoms with Crippen LogP contribution in [0.3, 0.4) is 0 Å². The van der Waals surface area contributed by atoms with Gasteiger partial charge in [0.25, 0.3) is 0 Å². The van der Waals surface area contributed by atoms with E-state index in [4.69, 9.17) is 23.2 Å². The number of alkyl halides is 3. The number of hydrogen-bond donors (Lipinski definition) is 0. The van der Waals surface area contributed by atoms with Crippen LogP contribution in [-0.4, -0.2) is 23.0 Å². The van der Waals surface area contributed by atoms with E-state index in [-0.39, 0.29) is 27.1 Å². The molecule has 0 bridgehead atoms. The zero-order valence-corrected chi connectivity index (χ0v) is 12.4. The summed E-state index contributed by atoms with van der Waals surface area (Å²) in [5.41, 5.74) is -0.968. The summed E-state index contributed by atoms with van der Waals surface area (Å²) in [6, 6.07) is 2.72. The Bertz CT molecular complexity index is 736. The lowest BCUT2D eigenvalue weighted by Gasteiger charge is -2.10. The van der Waals surface area contributed by atoms with Crippen molar-refractivity contribution < 1.29 is 22.7 Å². The third-order valence-corrected chi connectivity index (χ3v) is 3.25. The van der Waals surface area contributed by atoms with Gasteiger partial charge in [0.15, 0.2) is 11.5 Å². The van der Waals surface area contributed by atoms with Crippen LogP contribution in [0.15, 0.2) is 24.4 Å². The van der Waals surface area contributed by atoms with Crippen LogP contribution in [0.25, 0.3) is 11.4 Å². The molecule has 0 spiro atoms. The van der Waals surface area contributed by atoms with E-state index in [2.05, 4.69) is 14.7 Å². The van der Waals surface area contributed by atoms with Gasteiger partial charge in [0.1, 0.15) is 0 Å². The Hall–Kier alpha value is -1.86. The van der Waals surface area contributed by atoms with Gasteiger partial charge in [-0.1, -0.05) is 23.2 Å². The van der Waals surface area contributed by atoms with Gasteiger partial charge in [-0.15, -0.1) is 0 Å². The van der Waals surface area contributed by atoms with Gasteiger partial charge in [-0.3, -0.25) is 0 Å². The normalized spacial score (nSPS) is 11.4. The van der Waals surface area contributed by atoms with Crippen LogP contribution in [0.5, 0.6) is 0 Å². The number of halogens is 5. The zero-order valence-electron chi connectivity index (χ0n) is 10.9. The second-order valence-corrected chi connectivity index (χ2v) is 4.89. The van der Waals surface area contributed by atoms with Crippen molar-refractivity contribution in [3.05, 3.63) is 45.7 Å². The summed E-state index contributed by atoms with van der Waals surface area (Å²) >= 11 is 11.6. The molecule has 0 aliphatic heterocycles. The lowest BCUT2D eigenvalue weighted by Crippen LogP contribution is -2.08. The van der Waals surface area contributed by atoms with Crippen molar-refractivity contribution in [2.75, 3.05) is 7.11 Å². The van der Waals surface area contributed by atoms with Gasteiger partial charge in [-0.25, -0.2) is 14.8 Å². The molecule has 1 heterocycles. The van der Waals surface area contributed by atoms with Crippen molar-refractivity contribution in [3.8, 4) is 11.4 Å². The van der Waals surface area contributed by atoms with Crippen LogP contribution in [-0.2, 0) is 10.9 Å². The molecule has 0 atom stereocenters. The molecule has 0 aliphatic carbocycles. The number of aromatic nitrogens is 2. The first kappa shape index (κ1) is 16.5. The molecule has 0 saturated carbocycles. The molecule has 2 rings (SSSR count). The van der Waals surface area contributed by atoms with Crippen molar-refractivity contribution in [2.45, 2.75) is 6.18 Å². The molecule has 0 fully saturated rings. The summed E-state index contributed by atoms with van der Waals surface area (Å²) < 4.78 is 42.3. The van der Waals surface area contributed by atoms with Gasteiger partial charge in [0, 0.05) is 5.56 Å². The molecule has 22 heavy (non-hydrogen) atoms. The lowest BCUT2D eigenvalue weighted by atomic mass is 10.1. The number of nitrogens with zero attached hydrogens (tertiary/aromatic N) is 2. The van der Waals surface area contributed by atoms with Gasteiger partial charge in [-0.2, -0.15) is 13.2 Å². The SMILES string of the molecule is COC(=O)c1nc(-c2ccc(C(F)(F)F)cc2Cl)ncc1Cl. The molecule has 1 aromatic heterocycles. The highest BCUT2D eigenvalue weighted by Crippen LogP contribution is 2.34. The second kappa shape index (κ2) is 6.10. The number of methoxy groups -OCH3 is 1. The maximum atomic E-state index is 12.6. The predicted molar refractivity (Wildman–Crippen MR) is 73.8 cm³/mol. The monoisotopic (exact) mass is 350 g/mol. The van der Waals surface area contributed by atoms with Crippen LogP contribution in [0.2, 0.25) is 10.0 Å². The Labute approximate surface area is 132 Å². The average Bonchev–Trinajstić information content (AvgIpc) is 2.46. The van der Waals surface area contributed by atoms with Gasteiger partial charge in [-0.05, 0) is 18.2 Å². The van der Waals surface area contributed by atoms with E-state index in [0.29, 0.717) is 0 Å². The molecule has 0 unspecified atom stereocenters. The highest BCUT2D eigenvalue weighted by atomic mass is 35.5. The number of esters is 1. The summed E-state index contributed by atoms with van der Waals surface area (Å²) in [4.78, 5) is 19.3. The van der Waals surface area contributed by atoms with Crippen molar-refractivity contribution >= 4 is 29.2 Å². The third kappa shape index (κ3) is 3.31. The summed E-state index contributed by atoms with van der Waals surface area (Å²) in [6.07, 6.45) is -3.37. The van der Waals surface area contributed by atoms with E-state index >= 15 is 0 Å². The van der Waals surface area contributed by atoms with Gasteiger partial charge in [0.05, 0.1) is 28.9 Å². The molecule has 0 radical (unpaired) electrons. The van der Waals surface area contributed by atoms with Gasteiger partial charge < -0.3 is 4.74 Å². The lowest BCUT2D eigenvalue weighted by molar-refractivity contribution is -0.137. The maximum Gasteiger partial charge on any atom is 0.416 e. The maximum absolute atomic E-state index is 12.6. The molecule has 0 saturated heterocycles. The van der Waals surface area contributed by atoms with Crippen LogP contribution in [0.4, 0.5) is 13.2 Å². The Kier molecular flexibility index (Phi) is 4.58. The first-order valence-electron chi connectivity index (χ1n) is 5.72. The van der Waals surface area contributed by atoms with Crippen LogP contribution >= 0.6 is 23.2 Å². The number of hydrogen-bond acceptors (Lipinski definition) is 4. The molecule has 2 aromatic rings. The van der Waals surface area contributed by atoms with Crippen LogP contribution in [0, 0.1) is 0 Å². The standard InChI is InChI=1S/C13H7Cl2F3N2O2/c1-22-12(21)10-9(15)5-19-11(20-10)7-3-2-6(4-8(7)14)13(16,17)18/h2-5H,1H3. The molecule has 4 nitrogen and oxygen atoms in total. The molecule has 0 N–H and O–H groups in total. The minimum atomic E-state index is -4.51. The fourth-order valence-electron chi connectivity index (χ4n) is 1.61. The highest BCUT2D eigenvalue weighted by Gasteiger charge is 2.31. The van der Waals surface area contributed by atoms with Crippen molar-refractivity contribution in [2.24, 2.45) is 0 Å². The van der Waals surface area contributed by atoms with E-state index < -0.39 is 17.7 Å². The summed E-state index contributed by atoms with van der Waals surface area (Å²) in [7, 11) is 1.14. The first-order valence-corrected chi connectivity index (χ1v) is 6.47. The molecule has 116 valence electrons. The molecule has 1 aromatic carbocycles. The molecular weight excluding hydrogens is 344 g/mol. The number of rotatable bonds is 2. The minimum absolute atomic E-state index is 0.0384. The summed E-state index contributed by atoms with van der Waals surface area (Å²) in [5, 5.41) is -0.244. The fourth-order valence-corrected chi connectivity index (χ4v) is 2.04. The van der Waals surface area contributed by atoms with E-state index in [1.165, 1.54) is 0 Å². The van der Waals surface area contributed by atoms with E-state index in [1.807, 2.05) is 0 Å². The topological polar surface area (TPSA) is 52.1 Å². The van der Waals surface area contributed by atoms with Crippen LogP contribution in [0.1, 0.15) is 16.1 Å². The smallest absolute Gasteiger partial charge is 0.416 e. The largest absolute Gasteiger partial charge is 0.464 e. The third-order valence-electron chi connectivity index (χ3n) is 2.66. The Balaban J connectivity index is 2.51. The molecule has 0 aliphatic rings. The van der Waals surface area contributed by atoms with E-state index in [1.54, 1.807) is 0 Å². The van der Waals surface area contributed by atoms with Gasteiger partial charge >= 0.3 is 12.1 Å². The van der Waals surface area contributed by atoms with Crippen molar-refractivity contribution in [1.29, 1.82) is 0 Å². The fraction of sp³-hybridized carbons (Fsp3) is 0.154. The number of ether oxygens (including phenoxy) is 1. The first-order chi connectivity index (χ1) is 10.2. The number of carbonyl (C=O) groups excluding carboxylic acids is 1. The van der Waals surface area contributed by atoms with Gasteiger partial charge in [0.2, 0.25) is 0 Å². The average molecular weight is 351 g/mol. The highest BCUT2D eigenvalue weighted by molar-refractivity contribution is 6.34. The minimum Gasteiger partial charge on any atom is -0.464 e. The predicted octanol–water partition coefficient (Wildman–Crippen LogP) is 4.26. The number of carbonyl (C=O) groups is 1. The van der Waals surface area contributed by atoms with E-state index in [9.17, 15) is 18.0 Å². The summed E-state index contributed by atoms with van der Waals surface area (Å²) in [6.45, 7) is 0. The van der Waals surface area contributed by atoms with Crippen molar-refractivity contribution in [1.82, 2.24) is 9.97 Å². The Morgan fingerprint density at radius 2 is 1.91 bits per heavy atom. The van der Waals surface area contributed by atoms with Crippen molar-refractivity contribution in [3.63, 3.8) is 0 Å². The molecular formula is C13H7Cl2F3N2O2.